The van der Waals surface area contributed by atoms with Crippen LogP contribution in [0.4, 0.5) is 0 Å². The maximum atomic E-state index is 5.35. The van der Waals surface area contributed by atoms with Gasteiger partial charge in [-0.15, -0.1) is 21.5 Å². The second-order valence-corrected chi connectivity index (χ2v) is 8.44. The number of aryl methyl sites for hydroxylation is 2. The van der Waals surface area contributed by atoms with Crippen molar-refractivity contribution in [3.8, 4) is 17.0 Å². The molecule has 0 bridgehead atoms. The molecule has 0 atom stereocenters. The van der Waals surface area contributed by atoms with Crippen molar-refractivity contribution in [2.45, 2.75) is 24.6 Å². The molecule has 0 amide bonds. The number of hydrogen-bond acceptors (Lipinski definition) is 6. The van der Waals surface area contributed by atoms with Gasteiger partial charge in [-0.1, -0.05) is 53.7 Å². The van der Waals surface area contributed by atoms with Crippen LogP contribution in [0.15, 0.2) is 53.6 Å². The topological polar surface area (TPSA) is 47.9 Å². The lowest BCUT2D eigenvalue weighted by Gasteiger charge is -2.07. The van der Waals surface area contributed by atoms with Gasteiger partial charge >= 0.3 is 0 Å². The summed E-state index contributed by atoms with van der Waals surface area (Å²) in [6.45, 7) is 4.12. The third-order valence-corrected chi connectivity index (χ3v) is 6.24. The lowest BCUT2D eigenvalue weighted by atomic mass is 10.1. The minimum atomic E-state index is 0.807. The lowest BCUT2D eigenvalue weighted by molar-refractivity contribution is 0.415. The highest BCUT2D eigenvalue weighted by Gasteiger charge is 2.16. The van der Waals surface area contributed by atoms with E-state index >= 15 is 0 Å². The molecular weight excluding hydrogens is 374 g/mol. The molecule has 6 heteroatoms. The number of methoxy groups -OCH3 is 1. The first-order valence-electron chi connectivity index (χ1n) is 8.60. The van der Waals surface area contributed by atoms with Crippen molar-refractivity contribution >= 4 is 33.3 Å². The third kappa shape index (κ3) is 3.82. The van der Waals surface area contributed by atoms with E-state index in [2.05, 4.69) is 41.4 Å². The van der Waals surface area contributed by atoms with E-state index in [1.807, 2.05) is 31.2 Å². The van der Waals surface area contributed by atoms with Gasteiger partial charge in [0, 0.05) is 11.3 Å². The molecule has 27 heavy (non-hydrogen) atoms. The summed E-state index contributed by atoms with van der Waals surface area (Å²) in [5, 5.41) is 10.9. The van der Waals surface area contributed by atoms with E-state index in [-0.39, 0.29) is 0 Å². The molecule has 0 spiro atoms. The van der Waals surface area contributed by atoms with Crippen molar-refractivity contribution in [2.75, 3.05) is 7.11 Å². The minimum absolute atomic E-state index is 0.807. The average molecular weight is 394 g/mol. The van der Waals surface area contributed by atoms with E-state index < -0.39 is 0 Å². The van der Waals surface area contributed by atoms with Crippen molar-refractivity contribution in [1.82, 2.24) is 15.2 Å². The molecule has 0 N–H and O–H groups in total. The predicted octanol–water partition coefficient (Wildman–Crippen LogP) is 5.67. The molecule has 2 heterocycles. The first kappa shape index (κ1) is 17.9. The molecule has 0 radical (unpaired) electrons. The van der Waals surface area contributed by atoms with Gasteiger partial charge in [-0.05, 0) is 31.5 Å². The fourth-order valence-electron chi connectivity index (χ4n) is 2.81. The monoisotopic (exact) mass is 393 g/mol. The number of nitrogens with zero attached hydrogens (tertiary/aromatic N) is 3. The van der Waals surface area contributed by atoms with Gasteiger partial charge in [0.25, 0.3) is 0 Å². The van der Waals surface area contributed by atoms with Crippen LogP contribution in [0, 0.1) is 13.8 Å². The SMILES string of the molecule is COc1cccc(-c2nnc(SCc3ccc(C)cc3)c3nc(C)sc23)c1. The number of hydrogen-bond donors (Lipinski definition) is 0. The lowest BCUT2D eigenvalue weighted by Crippen LogP contribution is -1.93. The van der Waals surface area contributed by atoms with Crippen LogP contribution in [-0.2, 0) is 5.75 Å². The van der Waals surface area contributed by atoms with Crippen LogP contribution in [-0.4, -0.2) is 22.3 Å². The second-order valence-electron chi connectivity index (χ2n) is 6.27. The van der Waals surface area contributed by atoms with E-state index in [1.54, 1.807) is 30.2 Å². The summed E-state index contributed by atoms with van der Waals surface area (Å²) in [6.07, 6.45) is 0. The Morgan fingerprint density at radius 2 is 1.85 bits per heavy atom. The summed E-state index contributed by atoms with van der Waals surface area (Å²) >= 11 is 3.34. The number of fused-ring (bicyclic) bond motifs is 1. The summed E-state index contributed by atoms with van der Waals surface area (Å²) < 4.78 is 6.42. The van der Waals surface area contributed by atoms with Gasteiger partial charge in [0.2, 0.25) is 0 Å². The molecule has 0 aliphatic heterocycles. The molecule has 4 aromatic rings. The van der Waals surface area contributed by atoms with Crippen LogP contribution < -0.4 is 4.74 Å². The Kier molecular flexibility index (Phi) is 5.09. The zero-order valence-corrected chi connectivity index (χ0v) is 17.0. The standard InChI is InChI=1S/C21H19N3OS2/c1-13-7-9-15(10-8-13)12-26-21-19-20(27-14(2)22-19)18(23-24-21)16-5-4-6-17(11-16)25-3/h4-11H,12H2,1-3H3. The first-order valence-corrected chi connectivity index (χ1v) is 10.4. The Balaban J connectivity index is 1.70. The molecule has 0 aliphatic carbocycles. The summed E-state index contributed by atoms with van der Waals surface area (Å²) in [6, 6.07) is 16.5. The highest BCUT2D eigenvalue weighted by molar-refractivity contribution is 7.98. The van der Waals surface area contributed by atoms with E-state index in [1.165, 1.54) is 11.1 Å². The first-order chi connectivity index (χ1) is 13.1. The molecular formula is C21H19N3OS2. The van der Waals surface area contributed by atoms with Crippen LogP contribution >= 0.6 is 23.1 Å². The molecule has 2 aromatic heterocycles. The molecule has 4 nitrogen and oxygen atoms in total. The Morgan fingerprint density at radius 3 is 2.63 bits per heavy atom. The van der Waals surface area contributed by atoms with E-state index in [9.17, 15) is 0 Å². The molecule has 0 unspecified atom stereocenters. The van der Waals surface area contributed by atoms with Gasteiger partial charge in [0.05, 0.1) is 16.8 Å². The van der Waals surface area contributed by atoms with Gasteiger partial charge in [-0.25, -0.2) is 4.98 Å². The van der Waals surface area contributed by atoms with E-state index in [0.717, 1.165) is 43.0 Å². The van der Waals surface area contributed by atoms with Crippen LogP contribution in [0.2, 0.25) is 0 Å². The van der Waals surface area contributed by atoms with E-state index in [0.29, 0.717) is 0 Å². The zero-order chi connectivity index (χ0) is 18.8. The quantitative estimate of drug-likeness (QED) is 0.409. The number of thiazole rings is 1. The molecule has 136 valence electrons. The van der Waals surface area contributed by atoms with E-state index in [4.69, 9.17) is 9.72 Å². The fraction of sp³-hybridized carbons (Fsp3) is 0.190. The molecule has 2 aromatic carbocycles. The minimum Gasteiger partial charge on any atom is -0.497 e. The molecule has 0 fully saturated rings. The van der Waals surface area contributed by atoms with Crippen molar-refractivity contribution in [1.29, 1.82) is 0 Å². The molecule has 4 rings (SSSR count). The van der Waals surface area contributed by atoms with Crippen LogP contribution in [0.3, 0.4) is 0 Å². The third-order valence-electron chi connectivity index (χ3n) is 4.23. The number of ether oxygens (including phenoxy) is 1. The van der Waals surface area contributed by atoms with Gasteiger partial charge in [0.1, 0.15) is 22.0 Å². The van der Waals surface area contributed by atoms with Gasteiger partial charge in [-0.3, -0.25) is 0 Å². The predicted molar refractivity (Wildman–Crippen MR) is 113 cm³/mol. The maximum absolute atomic E-state index is 5.35. The number of rotatable bonds is 5. The maximum Gasteiger partial charge on any atom is 0.146 e. The van der Waals surface area contributed by atoms with Crippen molar-refractivity contribution in [2.24, 2.45) is 0 Å². The molecule has 0 aliphatic rings. The second kappa shape index (κ2) is 7.66. The zero-order valence-electron chi connectivity index (χ0n) is 15.4. The smallest absolute Gasteiger partial charge is 0.146 e. The largest absolute Gasteiger partial charge is 0.497 e. The van der Waals surface area contributed by atoms with Crippen molar-refractivity contribution in [3.63, 3.8) is 0 Å². The number of aromatic nitrogens is 3. The van der Waals surface area contributed by atoms with Crippen LogP contribution in [0.5, 0.6) is 5.75 Å². The summed E-state index contributed by atoms with van der Waals surface area (Å²) in [7, 11) is 1.67. The van der Waals surface area contributed by atoms with Gasteiger partial charge < -0.3 is 4.74 Å². The summed E-state index contributed by atoms with van der Waals surface area (Å²) in [4.78, 5) is 4.73. The Labute approximate surface area is 166 Å². The van der Waals surface area contributed by atoms with Gasteiger partial charge in [0.15, 0.2) is 0 Å². The molecule has 0 saturated heterocycles. The highest BCUT2D eigenvalue weighted by atomic mass is 32.2. The van der Waals surface area contributed by atoms with Crippen molar-refractivity contribution in [3.05, 3.63) is 64.7 Å². The number of benzene rings is 2. The van der Waals surface area contributed by atoms with Crippen molar-refractivity contribution < 1.29 is 4.74 Å². The summed E-state index contributed by atoms with van der Waals surface area (Å²) in [5.74, 6) is 1.65. The highest BCUT2D eigenvalue weighted by Crippen LogP contribution is 2.36. The van der Waals surface area contributed by atoms with Crippen LogP contribution in [0.25, 0.3) is 21.5 Å². The Bertz CT molecular complexity index is 1090. The Morgan fingerprint density at radius 1 is 1.04 bits per heavy atom. The fourth-order valence-corrected chi connectivity index (χ4v) is 4.68. The normalized spacial score (nSPS) is 11.1. The molecule has 0 saturated carbocycles. The average Bonchev–Trinajstić information content (AvgIpc) is 3.09. The van der Waals surface area contributed by atoms with Gasteiger partial charge in [-0.2, -0.15) is 0 Å². The summed E-state index contributed by atoms with van der Waals surface area (Å²) in [5.41, 5.74) is 5.32. The number of thioether (sulfide) groups is 1. The Hall–Kier alpha value is -2.44. The van der Waals surface area contributed by atoms with Crippen LogP contribution in [0.1, 0.15) is 16.1 Å².